The van der Waals surface area contributed by atoms with Gasteiger partial charge in [-0.15, -0.1) is 0 Å². The Hall–Kier alpha value is -6.30. The van der Waals surface area contributed by atoms with Crippen molar-refractivity contribution in [2.45, 2.75) is 44.1 Å². The van der Waals surface area contributed by atoms with Gasteiger partial charge in [0, 0.05) is 39.9 Å². The van der Waals surface area contributed by atoms with Crippen LogP contribution in [0.15, 0.2) is 175 Å². The monoisotopic (exact) mass is 692 g/mol. The standard InChI is InChI=1S/C52H40N2/c1-35-15-13-21-39(31-35)53(37-17-5-3-6-18-37)40-27-28-44-45-29-30-51(54(38-19-7-4-8-20-38)41-22-14-16-36(2)32-41)34-49(51)50(45)52(48(44)33-40)46-25-11-9-23-42(46)43-24-10-12-26-47(43)52/h4-5,7-11,13-25,27-33,49H,3,6,34H2,1-2H3. The van der Waals surface area contributed by atoms with Crippen molar-refractivity contribution in [3.8, 4) is 11.1 Å². The Balaban J connectivity index is 1.16. The van der Waals surface area contributed by atoms with Crippen LogP contribution in [0.3, 0.4) is 0 Å². The lowest BCUT2D eigenvalue weighted by atomic mass is 9.67. The van der Waals surface area contributed by atoms with E-state index in [0.717, 1.165) is 19.3 Å². The van der Waals surface area contributed by atoms with Crippen LogP contribution in [0, 0.1) is 31.9 Å². The number of rotatable bonds is 6. The molecule has 54 heavy (non-hydrogen) atoms. The van der Waals surface area contributed by atoms with E-state index in [2.05, 4.69) is 194 Å². The SMILES string of the molecule is Cc1cccc(N(C2=CCCC=C2)c2ccc3c(c2)C2(C4=C3C=CC3(N(c5ccccc5)c5cccc(C)c5)CC43)c3c#cccc3-c3ccccc32)c1. The maximum absolute atomic E-state index is 3.77. The fourth-order valence-corrected chi connectivity index (χ4v) is 10.3. The molecule has 258 valence electrons. The first-order valence-corrected chi connectivity index (χ1v) is 19.3. The van der Waals surface area contributed by atoms with Gasteiger partial charge in [0.25, 0.3) is 0 Å². The molecular formula is C52H40N2. The number of nitrogens with zero attached hydrogens (tertiary/aromatic N) is 2. The van der Waals surface area contributed by atoms with E-state index in [-0.39, 0.29) is 5.54 Å². The zero-order valence-corrected chi connectivity index (χ0v) is 30.7. The van der Waals surface area contributed by atoms with Crippen molar-refractivity contribution in [1.29, 1.82) is 0 Å². The van der Waals surface area contributed by atoms with Crippen LogP contribution in [0.4, 0.5) is 22.7 Å². The van der Waals surface area contributed by atoms with E-state index < -0.39 is 5.41 Å². The predicted molar refractivity (Wildman–Crippen MR) is 222 cm³/mol. The number of para-hydroxylation sites is 1. The van der Waals surface area contributed by atoms with Crippen LogP contribution in [-0.2, 0) is 5.41 Å². The molecule has 0 aliphatic heterocycles. The average Bonchev–Trinajstić information content (AvgIpc) is 3.78. The number of hydrogen-bond acceptors (Lipinski definition) is 2. The molecule has 3 unspecified atom stereocenters. The molecule has 0 heterocycles. The highest BCUT2D eigenvalue weighted by molar-refractivity contribution is 5.99. The zero-order chi connectivity index (χ0) is 36.0. The molecule has 5 aliphatic carbocycles. The largest absolute Gasteiger partial charge is 0.331 e. The Kier molecular flexibility index (Phi) is 6.71. The molecule has 2 heteroatoms. The molecule has 6 aromatic rings. The molecule has 1 fully saturated rings. The number of anilines is 4. The third-order valence-electron chi connectivity index (χ3n) is 12.5. The van der Waals surface area contributed by atoms with Gasteiger partial charge in [-0.05, 0) is 150 Å². The summed E-state index contributed by atoms with van der Waals surface area (Å²) in [7, 11) is 0. The number of fused-ring (bicyclic) bond motifs is 11. The lowest BCUT2D eigenvalue weighted by molar-refractivity contribution is 0.651. The first kappa shape index (κ1) is 31.2. The smallest absolute Gasteiger partial charge is 0.0772 e. The van der Waals surface area contributed by atoms with Gasteiger partial charge in [0.05, 0.1) is 11.0 Å². The summed E-state index contributed by atoms with van der Waals surface area (Å²) in [6.07, 6.45) is 15.1. The van der Waals surface area contributed by atoms with Crippen molar-refractivity contribution in [2.75, 3.05) is 9.80 Å². The number of benzene rings is 5. The van der Waals surface area contributed by atoms with E-state index in [4.69, 9.17) is 0 Å². The number of allylic oxidation sites excluding steroid dienone is 5. The van der Waals surface area contributed by atoms with Gasteiger partial charge in [-0.25, -0.2) is 0 Å². The average molecular weight is 693 g/mol. The quantitative estimate of drug-likeness (QED) is 0.171. The maximum atomic E-state index is 3.77. The Bertz CT molecular complexity index is 2590. The fraction of sp³-hybridized carbons (Fsp3) is 0.154. The minimum Gasteiger partial charge on any atom is -0.331 e. The molecule has 5 aliphatic rings. The van der Waals surface area contributed by atoms with E-state index in [1.54, 1.807) is 0 Å². The third-order valence-corrected chi connectivity index (χ3v) is 12.5. The van der Waals surface area contributed by atoms with Gasteiger partial charge in [0.1, 0.15) is 0 Å². The molecule has 3 atom stereocenters. The topological polar surface area (TPSA) is 6.48 Å². The lowest BCUT2D eigenvalue weighted by Gasteiger charge is -2.38. The number of aryl methyl sites for hydroxylation is 2. The normalized spacial score (nSPS) is 20.3. The summed E-state index contributed by atoms with van der Waals surface area (Å²) < 4.78 is 0. The van der Waals surface area contributed by atoms with Crippen LogP contribution < -0.4 is 9.80 Å². The van der Waals surface area contributed by atoms with E-state index >= 15 is 0 Å². The van der Waals surface area contributed by atoms with Crippen LogP contribution >= 0.6 is 0 Å². The molecule has 0 amide bonds. The van der Waals surface area contributed by atoms with Crippen molar-refractivity contribution < 1.29 is 0 Å². The molecule has 11 rings (SSSR count). The van der Waals surface area contributed by atoms with Crippen LogP contribution in [0.5, 0.6) is 0 Å². The number of hydrogen-bond donors (Lipinski definition) is 0. The fourth-order valence-electron chi connectivity index (χ4n) is 10.3. The minimum absolute atomic E-state index is 0.201. The molecule has 1 saturated carbocycles. The van der Waals surface area contributed by atoms with Crippen molar-refractivity contribution in [2.24, 2.45) is 5.92 Å². The highest BCUT2D eigenvalue weighted by Crippen LogP contribution is 2.72. The molecule has 1 spiro atoms. The Morgan fingerprint density at radius 3 is 2.20 bits per heavy atom. The summed E-state index contributed by atoms with van der Waals surface area (Å²) in [6.45, 7) is 4.38. The molecule has 6 aromatic carbocycles. The molecular weight excluding hydrogens is 653 g/mol. The second kappa shape index (κ2) is 11.6. The van der Waals surface area contributed by atoms with Gasteiger partial charge < -0.3 is 9.80 Å². The zero-order valence-electron chi connectivity index (χ0n) is 30.7. The van der Waals surface area contributed by atoms with Crippen LogP contribution in [0.1, 0.15) is 52.6 Å². The molecule has 0 saturated heterocycles. The Morgan fingerprint density at radius 2 is 1.39 bits per heavy atom. The highest BCUT2D eigenvalue weighted by atomic mass is 15.3. The lowest BCUT2D eigenvalue weighted by Crippen LogP contribution is -2.38. The summed E-state index contributed by atoms with van der Waals surface area (Å²) in [4.78, 5) is 5.08. The van der Waals surface area contributed by atoms with Crippen molar-refractivity contribution >= 4 is 28.3 Å². The van der Waals surface area contributed by atoms with Crippen LogP contribution in [0.25, 0.3) is 16.7 Å². The van der Waals surface area contributed by atoms with Gasteiger partial charge in [-0.3, -0.25) is 0 Å². The first-order chi connectivity index (χ1) is 26.6. The molecule has 0 N–H and O–H groups in total. The summed E-state index contributed by atoms with van der Waals surface area (Å²) in [5.74, 6) is 0.290. The summed E-state index contributed by atoms with van der Waals surface area (Å²) in [5.41, 5.74) is 18.6. The van der Waals surface area contributed by atoms with Crippen molar-refractivity contribution in [3.05, 3.63) is 221 Å². The van der Waals surface area contributed by atoms with Gasteiger partial charge in [-0.1, -0.05) is 109 Å². The predicted octanol–water partition coefficient (Wildman–Crippen LogP) is 12.5. The van der Waals surface area contributed by atoms with E-state index in [1.165, 1.54) is 84.1 Å². The van der Waals surface area contributed by atoms with Crippen molar-refractivity contribution in [3.63, 3.8) is 0 Å². The molecule has 0 aromatic heterocycles. The van der Waals surface area contributed by atoms with Crippen molar-refractivity contribution in [1.82, 2.24) is 0 Å². The van der Waals surface area contributed by atoms with Gasteiger partial charge in [0.15, 0.2) is 0 Å². The van der Waals surface area contributed by atoms with Gasteiger partial charge >= 0.3 is 0 Å². The Morgan fingerprint density at radius 1 is 0.630 bits per heavy atom. The second-order valence-corrected chi connectivity index (χ2v) is 15.6. The minimum atomic E-state index is -0.494. The molecule has 2 nitrogen and oxygen atoms in total. The first-order valence-electron chi connectivity index (χ1n) is 19.3. The van der Waals surface area contributed by atoms with E-state index in [9.17, 15) is 0 Å². The summed E-state index contributed by atoms with van der Waals surface area (Å²) >= 11 is 0. The Labute approximate surface area is 318 Å². The highest BCUT2D eigenvalue weighted by Gasteiger charge is 2.67. The molecule has 0 radical (unpaired) electrons. The molecule has 0 bridgehead atoms. The summed E-state index contributed by atoms with van der Waals surface area (Å²) in [6, 6.07) is 56.9. The van der Waals surface area contributed by atoms with Crippen LogP contribution in [0.2, 0.25) is 0 Å². The van der Waals surface area contributed by atoms with E-state index in [0.29, 0.717) is 5.92 Å². The maximum Gasteiger partial charge on any atom is 0.0772 e. The summed E-state index contributed by atoms with van der Waals surface area (Å²) in [5, 5.41) is 0. The third kappa shape index (κ3) is 4.30. The van der Waals surface area contributed by atoms with E-state index in [1.807, 2.05) is 6.07 Å². The van der Waals surface area contributed by atoms with Gasteiger partial charge in [-0.2, -0.15) is 0 Å². The van der Waals surface area contributed by atoms with Crippen LogP contribution in [-0.4, -0.2) is 5.54 Å². The second-order valence-electron chi connectivity index (χ2n) is 15.6. The van der Waals surface area contributed by atoms with Gasteiger partial charge in [0.2, 0.25) is 0 Å².